The first kappa shape index (κ1) is 40.4. The highest BCUT2D eigenvalue weighted by molar-refractivity contribution is 7.43. The molecule has 0 radical (unpaired) electrons. The van der Waals surface area contributed by atoms with E-state index in [9.17, 15) is 14.5 Å². The maximum atomic E-state index is 13.3. The van der Waals surface area contributed by atoms with Crippen LogP contribution in [0, 0.1) is 29.6 Å². The van der Waals surface area contributed by atoms with Gasteiger partial charge in [-0.25, -0.2) is 9.46 Å². The van der Waals surface area contributed by atoms with Gasteiger partial charge in [-0.1, -0.05) is 60.5 Å². The fourth-order valence-electron chi connectivity index (χ4n) is 7.16. The number of H-pyrrole nitrogens is 1. The van der Waals surface area contributed by atoms with Crippen LogP contribution in [-0.4, -0.2) is 64.7 Å². The average Bonchev–Trinajstić information content (AvgIpc) is 3.57. The largest absolute Gasteiger partial charge is 0.497 e. The van der Waals surface area contributed by atoms with E-state index in [2.05, 4.69) is 10.9 Å². The van der Waals surface area contributed by atoms with Gasteiger partial charge in [0.25, 0.3) is 14.1 Å². The van der Waals surface area contributed by atoms with Crippen molar-refractivity contribution in [2.75, 3.05) is 27.4 Å². The first-order chi connectivity index (χ1) is 26.1. The van der Waals surface area contributed by atoms with E-state index < -0.39 is 37.7 Å². The molecular formula is C41H47N4O8P. The minimum absolute atomic E-state index is 0.000355. The Morgan fingerprint density at radius 2 is 1.59 bits per heavy atom. The van der Waals surface area contributed by atoms with E-state index in [1.165, 1.54) is 10.8 Å². The number of nitrogens with zero attached hydrogens (tertiary/aromatic N) is 3. The maximum absolute atomic E-state index is 13.3. The minimum atomic E-state index is -2.00. The summed E-state index contributed by atoms with van der Waals surface area (Å²) in [5.74, 6) is 3.48. The maximum Gasteiger partial charge on any atom is 0.330 e. The van der Waals surface area contributed by atoms with Crippen molar-refractivity contribution in [3.63, 3.8) is 0 Å². The van der Waals surface area contributed by atoms with Gasteiger partial charge in [0.15, 0.2) is 0 Å². The molecule has 5 rings (SSSR count). The Hall–Kier alpha value is -4.78. The smallest absolute Gasteiger partial charge is 0.330 e. The van der Waals surface area contributed by atoms with Crippen LogP contribution in [0.2, 0.25) is 0 Å². The van der Waals surface area contributed by atoms with Gasteiger partial charge < -0.3 is 28.4 Å². The third kappa shape index (κ3) is 8.94. The molecule has 1 saturated heterocycles. The summed E-state index contributed by atoms with van der Waals surface area (Å²) in [7, 11) is 1.24. The highest BCUT2D eigenvalue weighted by atomic mass is 31.2. The molecule has 0 amide bonds. The molecule has 13 heteroatoms. The number of aromatic nitrogens is 2. The Bertz CT molecular complexity index is 1970. The van der Waals surface area contributed by atoms with Gasteiger partial charge in [0.1, 0.15) is 28.9 Å². The summed E-state index contributed by atoms with van der Waals surface area (Å²) in [5, 5.41) is 8.98. The zero-order valence-corrected chi connectivity index (χ0v) is 32.1. The summed E-state index contributed by atoms with van der Waals surface area (Å²) in [5.41, 5.74) is 0.196. The predicted octanol–water partition coefficient (Wildman–Crippen LogP) is 6.09. The van der Waals surface area contributed by atoms with Crippen molar-refractivity contribution < 1.29 is 28.4 Å². The lowest BCUT2D eigenvalue weighted by Crippen LogP contribution is -2.39. The molecule has 4 aromatic rings. The molecule has 5 atom stereocenters. The number of rotatable bonds is 17. The number of hydrogen-bond acceptors (Lipinski definition) is 10. The molecule has 284 valence electrons. The molecule has 3 unspecified atom stereocenters. The standard InChI is InChI=1S/C41H47N4O8P/c1-7-30-26-44(40(47)43-38(30)46)39-31(24-29(4)45(28(2)3)54(48)52-23-11-22-42)25-37(53-39)27-51-41(32-12-9-8-10-13-32,33-14-18-35(49-5)19-15-33)34-16-20-36(50-6)21-17-34/h1,8-10,12-21,26,28-29,31,37,39,48H,11,23-25,27H2,2-6H3,(H,43,46,47)/t29?,31?,37-,39+,54?/m0/s1. The fourth-order valence-corrected chi connectivity index (χ4v) is 8.38. The second kappa shape index (κ2) is 18.5. The van der Waals surface area contributed by atoms with E-state index in [1.54, 1.807) is 14.2 Å². The molecule has 0 saturated carbocycles. The molecule has 54 heavy (non-hydrogen) atoms. The quantitative estimate of drug-likeness (QED) is 0.0562. The Kier molecular flexibility index (Phi) is 13.8. The third-order valence-corrected chi connectivity index (χ3v) is 11.3. The van der Waals surface area contributed by atoms with E-state index >= 15 is 0 Å². The Morgan fingerprint density at radius 3 is 2.13 bits per heavy atom. The Balaban J connectivity index is 1.54. The molecule has 0 aliphatic carbocycles. The van der Waals surface area contributed by atoms with Crippen molar-refractivity contribution >= 4 is 8.53 Å². The molecule has 2 heterocycles. The van der Waals surface area contributed by atoms with Crippen LogP contribution in [0.15, 0.2) is 94.6 Å². The number of ether oxygens (including phenoxy) is 4. The van der Waals surface area contributed by atoms with Crippen LogP contribution in [0.4, 0.5) is 0 Å². The van der Waals surface area contributed by atoms with Crippen molar-refractivity contribution in [1.29, 1.82) is 5.26 Å². The lowest BCUT2D eigenvalue weighted by molar-refractivity contribution is -0.0821. The summed E-state index contributed by atoms with van der Waals surface area (Å²) in [6.45, 7) is 6.13. The number of hydrogen-bond donors (Lipinski definition) is 2. The van der Waals surface area contributed by atoms with Gasteiger partial charge in [-0.15, -0.1) is 6.42 Å². The van der Waals surface area contributed by atoms with Crippen LogP contribution in [0.5, 0.6) is 11.5 Å². The second-order valence-electron chi connectivity index (χ2n) is 13.4. The van der Waals surface area contributed by atoms with E-state index in [4.69, 9.17) is 35.2 Å². The highest BCUT2D eigenvalue weighted by Crippen LogP contribution is 2.46. The number of aromatic amines is 1. The van der Waals surface area contributed by atoms with Crippen molar-refractivity contribution in [1.82, 2.24) is 14.2 Å². The molecule has 12 nitrogen and oxygen atoms in total. The number of terminal acetylenes is 1. The third-order valence-electron chi connectivity index (χ3n) is 9.60. The van der Waals surface area contributed by atoms with E-state index in [1.807, 2.05) is 110 Å². The van der Waals surface area contributed by atoms with Gasteiger partial charge in [0.2, 0.25) is 0 Å². The highest BCUT2D eigenvalue weighted by Gasteiger charge is 2.43. The fraction of sp³-hybridized carbons (Fsp3) is 0.390. The molecule has 0 bridgehead atoms. The van der Waals surface area contributed by atoms with E-state index in [0.29, 0.717) is 24.3 Å². The molecule has 2 N–H and O–H groups in total. The van der Waals surface area contributed by atoms with Crippen LogP contribution in [0.25, 0.3) is 0 Å². The molecular weight excluding hydrogens is 707 g/mol. The first-order valence-electron chi connectivity index (χ1n) is 17.8. The number of nitriles is 1. The average molecular weight is 755 g/mol. The second-order valence-corrected chi connectivity index (χ2v) is 14.6. The van der Waals surface area contributed by atoms with Gasteiger partial charge in [-0.05, 0) is 74.6 Å². The van der Waals surface area contributed by atoms with Gasteiger partial charge in [0, 0.05) is 24.2 Å². The van der Waals surface area contributed by atoms with Gasteiger partial charge >= 0.3 is 5.69 Å². The normalized spacial score (nSPS) is 18.2. The van der Waals surface area contributed by atoms with Crippen LogP contribution in [0.1, 0.15) is 68.5 Å². The van der Waals surface area contributed by atoms with Crippen molar-refractivity contribution in [2.24, 2.45) is 5.92 Å². The molecule has 1 fully saturated rings. The summed E-state index contributed by atoms with van der Waals surface area (Å²) in [4.78, 5) is 39.2. The number of nitrogens with one attached hydrogen (secondary N) is 1. The van der Waals surface area contributed by atoms with Gasteiger partial charge in [-0.3, -0.25) is 14.3 Å². The van der Waals surface area contributed by atoms with Crippen molar-refractivity contribution in [2.45, 2.75) is 70.1 Å². The lowest BCUT2D eigenvalue weighted by Gasteiger charge is -2.37. The molecule has 1 aliphatic rings. The monoisotopic (exact) mass is 754 g/mol. The van der Waals surface area contributed by atoms with Crippen molar-refractivity contribution in [3.05, 3.63) is 128 Å². The SMILES string of the molecule is C#Cc1cn([C@@H]2O[C@H](COC(c3ccccc3)(c3ccc(OC)cc3)c3ccc(OC)cc3)CC2CC(C)N(C(C)C)P(O)OCCC#N)c(=O)[nH]c1=O. The summed E-state index contributed by atoms with van der Waals surface area (Å²) in [6, 6.07) is 27.1. The molecule has 0 spiro atoms. The predicted molar refractivity (Wildman–Crippen MR) is 206 cm³/mol. The van der Waals surface area contributed by atoms with Gasteiger partial charge in [0.05, 0.1) is 46.0 Å². The Morgan fingerprint density at radius 1 is 1.00 bits per heavy atom. The van der Waals surface area contributed by atoms with Crippen LogP contribution < -0.4 is 20.7 Å². The van der Waals surface area contributed by atoms with Crippen LogP contribution >= 0.6 is 8.53 Å². The number of benzene rings is 3. The Labute approximate surface area is 317 Å². The van der Waals surface area contributed by atoms with Crippen LogP contribution in [0.3, 0.4) is 0 Å². The molecule has 1 aliphatic heterocycles. The van der Waals surface area contributed by atoms with Gasteiger partial charge in [-0.2, -0.15) is 5.26 Å². The number of methoxy groups -OCH3 is 2. The molecule has 1 aromatic heterocycles. The topological polar surface area (TPSA) is 148 Å². The molecule has 3 aromatic carbocycles. The zero-order valence-electron chi connectivity index (χ0n) is 31.2. The lowest BCUT2D eigenvalue weighted by atomic mass is 9.80. The summed E-state index contributed by atoms with van der Waals surface area (Å²) < 4.78 is 33.7. The van der Waals surface area contributed by atoms with Crippen molar-refractivity contribution in [3.8, 4) is 29.9 Å². The van der Waals surface area contributed by atoms with Crippen LogP contribution in [-0.2, 0) is 19.6 Å². The summed E-state index contributed by atoms with van der Waals surface area (Å²) in [6.07, 6.45) is 6.80. The summed E-state index contributed by atoms with van der Waals surface area (Å²) >= 11 is 0. The zero-order chi connectivity index (χ0) is 38.8. The minimum Gasteiger partial charge on any atom is -0.497 e. The van der Waals surface area contributed by atoms with E-state index in [0.717, 1.165) is 16.7 Å². The van der Waals surface area contributed by atoms with E-state index in [-0.39, 0.29) is 43.2 Å². The first-order valence-corrected chi connectivity index (χ1v) is 19.0.